The van der Waals surface area contributed by atoms with Gasteiger partial charge in [-0.15, -0.1) is 0 Å². The van der Waals surface area contributed by atoms with Crippen LogP contribution in [0.3, 0.4) is 0 Å². The number of fused-ring (bicyclic) bond motifs is 2. The van der Waals surface area contributed by atoms with Crippen LogP contribution in [0.1, 0.15) is 42.6 Å². The smallest absolute Gasteiger partial charge is 0.225 e. The number of carbonyl (C=O) groups excluding carboxylic acids is 2. The van der Waals surface area contributed by atoms with Gasteiger partial charge in [0.1, 0.15) is 0 Å². The summed E-state index contributed by atoms with van der Waals surface area (Å²) in [6.45, 7) is 1.61. The van der Waals surface area contributed by atoms with Crippen molar-refractivity contribution in [2.75, 3.05) is 26.7 Å². The highest BCUT2D eigenvalue weighted by molar-refractivity contribution is 5.79. The number of ether oxygens (including phenoxy) is 1. The van der Waals surface area contributed by atoms with Crippen LogP contribution in [-0.4, -0.2) is 70.7 Å². The number of aromatic amines is 1. The second-order valence-electron chi connectivity index (χ2n) is 7.36. The Hall–Kier alpha value is -1.89. The first-order valence-corrected chi connectivity index (χ1v) is 9.33. The van der Waals surface area contributed by atoms with E-state index in [9.17, 15) is 9.59 Å². The van der Waals surface area contributed by atoms with Crippen LogP contribution in [0.4, 0.5) is 0 Å². The summed E-state index contributed by atoms with van der Waals surface area (Å²) in [5.74, 6) is 0.232. The fourth-order valence-corrected chi connectivity index (χ4v) is 4.29. The van der Waals surface area contributed by atoms with Gasteiger partial charge < -0.3 is 14.5 Å². The number of likely N-dealkylation sites (tertiary alicyclic amines) is 1. The van der Waals surface area contributed by atoms with E-state index in [0.29, 0.717) is 39.0 Å². The Kier molecular flexibility index (Phi) is 4.50. The molecule has 2 saturated heterocycles. The van der Waals surface area contributed by atoms with Crippen LogP contribution in [0.15, 0.2) is 0 Å². The summed E-state index contributed by atoms with van der Waals surface area (Å²) in [7, 11) is 1.82. The lowest BCUT2D eigenvalue weighted by atomic mass is 9.94. The van der Waals surface area contributed by atoms with Crippen LogP contribution in [0.5, 0.6) is 0 Å². The second kappa shape index (κ2) is 6.78. The van der Waals surface area contributed by atoms with Crippen molar-refractivity contribution >= 4 is 11.8 Å². The fourth-order valence-electron chi connectivity index (χ4n) is 4.29. The molecule has 1 aromatic heterocycles. The Balaban J connectivity index is 1.36. The number of aromatic nitrogens is 2. The predicted octanol–water partition coefficient (Wildman–Crippen LogP) is 0.679. The number of H-pyrrole nitrogens is 1. The molecule has 0 bridgehead atoms. The highest BCUT2D eigenvalue weighted by Crippen LogP contribution is 2.25. The maximum atomic E-state index is 12.7. The lowest BCUT2D eigenvalue weighted by Crippen LogP contribution is -2.43. The van der Waals surface area contributed by atoms with Crippen LogP contribution >= 0.6 is 0 Å². The molecule has 2 amide bonds. The molecule has 0 radical (unpaired) electrons. The van der Waals surface area contributed by atoms with E-state index in [-0.39, 0.29) is 24.0 Å². The molecule has 0 spiro atoms. The van der Waals surface area contributed by atoms with Crippen LogP contribution in [0.2, 0.25) is 0 Å². The summed E-state index contributed by atoms with van der Waals surface area (Å²) >= 11 is 0. The minimum absolute atomic E-state index is 0.0166. The second-order valence-corrected chi connectivity index (χ2v) is 7.36. The SMILES string of the molecule is CN1C(=O)CCO[C@H]2CN(C(=O)CCc3n[nH]c4c3CCCC4)C[C@@H]21. The number of rotatable bonds is 3. The quantitative estimate of drug-likeness (QED) is 0.873. The average Bonchev–Trinajstić information content (AvgIpc) is 3.20. The Morgan fingerprint density at radius 3 is 3.00 bits per heavy atom. The monoisotopic (exact) mass is 346 g/mol. The summed E-state index contributed by atoms with van der Waals surface area (Å²) in [6, 6.07) is -0.0166. The van der Waals surface area contributed by atoms with Gasteiger partial charge >= 0.3 is 0 Å². The summed E-state index contributed by atoms with van der Waals surface area (Å²) in [5.41, 5.74) is 3.64. The number of carbonyl (C=O) groups is 2. The molecule has 2 aliphatic heterocycles. The summed E-state index contributed by atoms with van der Waals surface area (Å²) < 4.78 is 5.80. The van der Waals surface area contributed by atoms with Crippen molar-refractivity contribution in [3.63, 3.8) is 0 Å². The van der Waals surface area contributed by atoms with Gasteiger partial charge in [0.15, 0.2) is 0 Å². The standard InChI is InChI=1S/C18H26N4O3/c1-21-15-10-22(11-16(15)25-9-8-17(21)23)18(24)7-6-14-12-4-2-3-5-13(12)19-20-14/h15-16H,2-11H2,1H3,(H,19,20)/t15-,16-/m0/s1. The molecule has 1 aromatic rings. The normalized spacial score (nSPS) is 26.4. The Labute approximate surface area is 147 Å². The van der Waals surface area contributed by atoms with E-state index >= 15 is 0 Å². The zero-order valence-corrected chi connectivity index (χ0v) is 14.8. The Bertz CT molecular complexity index is 671. The summed E-state index contributed by atoms with van der Waals surface area (Å²) in [4.78, 5) is 28.2. The van der Waals surface area contributed by atoms with Crippen molar-refractivity contribution in [1.82, 2.24) is 20.0 Å². The van der Waals surface area contributed by atoms with E-state index in [0.717, 1.165) is 18.5 Å². The number of hydrogen-bond donors (Lipinski definition) is 1. The van der Waals surface area contributed by atoms with Crippen LogP contribution in [-0.2, 0) is 33.6 Å². The molecule has 25 heavy (non-hydrogen) atoms. The number of hydrogen-bond acceptors (Lipinski definition) is 4. The summed E-state index contributed by atoms with van der Waals surface area (Å²) in [6.07, 6.45) is 6.10. The van der Waals surface area contributed by atoms with Crippen molar-refractivity contribution in [1.29, 1.82) is 0 Å². The van der Waals surface area contributed by atoms with Gasteiger partial charge in [-0.2, -0.15) is 5.10 Å². The van der Waals surface area contributed by atoms with Crippen LogP contribution in [0.25, 0.3) is 0 Å². The number of amides is 2. The minimum atomic E-state index is -0.0569. The van der Waals surface area contributed by atoms with Crippen molar-refractivity contribution in [2.45, 2.75) is 57.1 Å². The average molecular weight is 346 g/mol. The predicted molar refractivity (Wildman–Crippen MR) is 91.0 cm³/mol. The van der Waals surface area contributed by atoms with Crippen molar-refractivity contribution in [3.05, 3.63) is 17.0 Å². The third-order valence-electron chi connectivity index (χ3n) is 5.85. The molecule has 7 heteroatoms. The van der Waals surface area contributed by atoms with Gasteiger partial charge in [-0.25, -0.2) is 0 Å². The van der Waals surface area contributed by atoms with Gasteiger partial charge in [-0.05, 0) is 31.2 Å². The van der Waals surface area contributed by atoms with Gasteiger partial charge in [-0.3, -0.25) is 14.7 Å². The number of aryl methyl sites for hydroxylation is 2. The molecular weight excluding hydrogens is 320 g/mol. The van der Waals surface area contributed by atoms with Gasteiger partial charge in [-0.1, -0.05) is 0 Å². The Morgan fingerprint density at radius 1 is 1.28 bits per heavy atom. The molecule has 2 fully saturated rings. The van der Waals surface area contributed by atoms with E-state index < -0.39 is 0 Å². The molecule has 1 N–H and O–H groups in total. The highest BCUT2D eigenvalue weighted by Gasteiger charge is 2.41. The van der Waals surface area contributed by atoms with Crippen LogP contribution in [0, 0.1) is 0 Å². The minimum Gasteiger partial charge on any atom is -0.374 e. The largest absolute Gasteiger partial charge is 0.374 e. The van der Waals surface area contributed by atoms with Gasteiger partial charge in [0.25, 0.3) is 0 Å². The number of likely N-dealkylation sites (N-methyl/N-ethyl adjacent to an activating group) is 1. The number of nitrogens with one attached hydrogen (secondary N) is 1. The summed E-state index contributed by atoms with van der Waals surface area (Å²) in [5, 5.41) is 7.57. The zero-order chi connectivity index (χ0) is 17.4. The van der Waals surface area contributed by atoms with Gasteiger partial charge in [0.2, 0.25) is 11.8 Å². The van der Waals surface area contributed by atoms with Crippen molar-refractivity contribution in [3.8, 4) is 0 Å². The van der Waals surface area contributed by atoms with Crippen molar-refractivity contribution in [2.24, 2.45) is 0 Å². The molecule has 0 unspecified atom stereocenters. The first-order chi connectivity index (χ1) is 12.1. The van der Waals surface area contributed by atoms with Gasteiger partial charge in [0, 0.05) is 38.7 Å². The molecule has 3 aliphatic rings. The third-order valence-corrected chi connectivity index (χ3v) is 5.85. The van der Waals surface area contributed by atoms with Crippen LogP contribution < -0.4 is 0 Å². The molecule has 0 saturated carbocycles. The molecule has 7 nitrogen and oxygen atoms in total. The van der Waals surface area contributed by atoms with Crippen molar-refractivity contribution < 1.29 is 14.3 Å². The lowest BCUT2D eigenvalue weighted by Gasteiger charge is -2.25. The van der Waals surface area contributed by atoms with E-state index in [2.05, 4.69) is 10.2 Å². The first kappa shape index (κ1) is 16.6. The first-order valence-electron chi connectivity index (χ1n) is 9.33. The molecule has 3 heterocycles. The van der Waals surface area contributed by atoms with Gasteiger partial charge in [0.05, 0.1) is 30.9 Å². The molecule has 136 valence electrons. The Morgan fingerprint density at radius 2 is 2.12 bits per heavy atom. The molecular formula is C18H26N4O3. The lowest BCUT2D eigenvalue weighted by molar-refractivity contribution is -0.133. The fraction of sp³-hybridized carbons (Fsp3) is 0.722. The molecule has 2 atom stereocenters. The van der Waals surface area contributed by atoms with E-state index in [1.807, 2.05) is 11.9 Å². The highest BCUT2D eigenvalue weighted by atomic mass is 16.5. The molecule has 0 aromatic carbocycles. The zero-order valence-electron chi connectivity index (χ0n) is 14.8. The third kappa shape index (κ3) is 3.17. The van der Waals surface area contributed by atoms with E-state index in [1.54, 1.807) is 4.90 Å². The van der Waals surface area contributed by atoms with E-state index in [4.69, 9.17) is 4.74 Å². The molecule has 1 aliphatic carbocycles. The maximum Gasteiger partial charge on any atom is 0.225 e. The molecule has 4 rings (SSSR count). The van der Waals surface area contributed by atoms with E-state index in [1.165, 1.54) is 24.1 Å². The maximum absolute atomic E-state index is 12.7. The topological polar surface area (TPSA) is 78.5 Å². The number of nitrogens with zero attached hydrogens (tertiary/aromatic N) is 3.